The van der Waals surface area contributed by atoms with Gasteiger partial charge in [-0.25, -0.2) is 0 Å². The van der Waals surface area contributed by atoms with E-state index in [0.29, 0.717) is 37.3 Å². The van der Waals surface area contributed by atoms with E-state index in [9.17, 15) is 29.8 Å². The van der Waals surface area contributed by atoms with Crippen molar-refractivity contribution in [3.8, 4) is 0 Å². The van der Waals surface area contributed by atoms with Gasteiger partial charge in [0.05, 0.1) is 75.3 Å². The second kappa shape index (κ2) is 20.3. The zero-order chi connectivity index (χ0) is 40.8. The number of hydrogen-bond donors (Lipinski definition) is 0. The molecule has 58 heavy (non-hydrogen) atoms. The minimum Gasteiger partial charge on any atom is -0.327 e. The van der Waals surface area contributed by atoms with Crippen LogP contribution < -0.4 is 0 Å². The number of carbonyl (C=O) groups is 2. The fraction of sp³-hybridized carbons (Fsp3) is 0.435. The lowest BCUT2D eigenvalue weighted by Crippen LogP contribution is -2.60. The lowest BCUT2D eigenvalue weighted by atomic mass is 10.0. The van der Waals surface area contributed by atoms with Gasteiger partial charge in [0.15, 0.2) is 0 Å². The highest BCUT2D eigenvalue weighted by molar-refractivity contribution is 5.94. The molecule has 2 aliphatic heterocycles. The Morgan fingerprint density at radius 3 is 1.17 bits per heavy atom. The van der Waals surface area contributed by atoms with Crippen molar-refractivity contribution in [3.63, 3.8) is 0 Å². The minimum atomic E-state index is -0.332. The van der Waals surface area contributed by atoms with Gasteiger partial charge in [-0.15, -0.1) is 0 Å². The molecule has 0 N–H and O–H groups in total. The third kappa shape index (κ3) is 11.6. The van der Waals surface area contributed by atoms with Crippen LogP contribution in [0.25, 0.3) is 0 Å². The van der Waals surface area contributed by atoms with E-state index in [1.165, 1.54) is 12.8 Å². The maximum atomic E-state index is 13.2. The molecule has 0 bridgehead atoms. The average Bonchev–Trinajstić information content (AvgIpc) is 3.25. The summed E-state index contributed by atoms with van der Waals surface area (Å²) in [5, 5.41) is 23.0. The highest BCUT2D eigenvalue weighted by atomic mass is 16.6. The van der Waals surface area contributed by atoms with E-state index in [4.69, 9.17) is 0 Å². The largest absolute Gasteiger partial charge is 0.327 e. The standard InChI is InChI=1S/C46H58N6O6/c53-45(41-19-9-7-10-20-41)47-25-31-51(32-26-47,37-39-17-15-23-43(35-39)49(55)56)29-13-5-3-1-2-4-6-14-30-52(38-40-18-16-24-44(36-40)50(57)58)33-27-48(28-34-52)46(54)42-21-11-8-12-22-42/h7-12,15-24,35-36H,1-6,13-14,25-34,37-38H2/q+2. The fourth-order valence-electron chi connectivity index (χ4n) is 8.90. The van der Waals surface area contributed by atoms with Crippen molar-refractivity contribution in [1.82, 2.24) is 9.80 Å². The van der Waals surface area contributed by atoms with Gasteiger partial charge in [0, 0.05) is 46.5 Å². The number of rotatable bonds is 19. The first-order chi connectivity index (χ1) is 28.1. The van der Waals surface area contributed by atoms with Crippen molar-refractivity contribution < 1.29 is 28.4 Å². The summed E-state index contributed by atoms with van der Waals surface area (Å²) in [7, 11) is 0. The summed E-state index contributed by atoms with van der Waals surface area (Å²) in [5.74, 6) is 0.122. The molecule has 0 spiro atoms. The van der Waals surface area contributed by atoms with Crippen molar-refractivity contribution in [2.75, 3.05) is 65.4 Å². The van der Waals surface area contributed by atoms with Crippen LogP contribution in [0.3, 0.4) is 0 Å². The summed E-state index contributed by atoms with van der Waals surface area (Å²) < 4.78 is 1.66. The molecule has 6 rings (SSSR count). The smallest absolute Gasteiger partial charge is 0.269 e. The Labute approximate surface area is 342 Å². The van der Waals surface area contributed by atoms with Crippen molar-refractivity contribution in [1.29, 1.82) is 0 Å². The number of nitro groups is 2. The molecule has 2 amide bonds. The van der Waals surface area contributed by atoms with E-state index < -0.39 is 0 Å². The molecule has 0 saturated carbocycles. The van der Waals surface area contributed by atoms with Crippen LogP contribution in [-0.2, 0) is 13.1 Å². The van der Waals surface area contributed by atoms with Crippen molar-refractivity contribution in [2.45, 2.75) is 64.5 Å². The number of unbranched alkanes of at least 4 members (excludes halogenated alkanes) is 7. The Morgan fingerprint density at radius 1 is 0.483 bits per heavy atom. The van der Waals surface area contributed by atoms with Crippen LogP contribution in [0.5, 0.6) is 0 Å². The SMILES string of the molecule is O=C(c1ccccc1)N1CC[N+](CCCCCCCCCC[N+]2(Cc3cccc([N+](=O)[O-])c3)CCN(C(=O)c3ccccc3)CC2)(Cc2cccc([N+](=O)[O-])c2)CC1. The maximum absolute atomic E-state index is 13.2. The van der Waals surface area contributed by atoms with Crippen LogP contribution in [0.15, 0.2) is 109 Å². The molecular weight excluding hydrogens is 733 g/mol. The summed E-state index contributed by atoms with van der Waals surface area (Å²) >= 11 is 0. The van der Waals surface area contributed by atoms with Crippen molar-refractivity contribution >= 4 is 23.2 Å². The van der Waals surface area contributed by atoms with E-state index in [0.717, 1.165) is 111 Å². The molecule has 12 heteroatoms. The summed E-state index contributed by atoms with van der Waals surface area (Å²) in [4.78, 5) is 52.7. The van der Waals surface area contributed by atoms with Gasteiger partial charge < -0.3 is 18.8 Å². The zero-order valence-electron chi connectivity index (χ0n) is 33.7. The van der Waals surface area contributed by atoms with Crippen molar-refractivity contribution in [3.05, 3.63) is 152 Å². The Balaban J connectivity index is 0.958. The number of quaternary nitrogens is 2. The Bertz CT molecular complexity index is 1830. The van der Waals surface area contributed by atoms with E-state index in [1.807, 2.05) is 82.6 Å². The number of nitro benzene ring substituents is 2. The second-order valence-electron chi connectivity index (χ2n) is 16.3. The Hall–Kier alpha value is -5.46. The third-order valence-electron chi connectivity index (χ3n) is 12.3. The number of piperazine rings is 2. The van der Waals surface area contributed by atoms with E-state index >= 15 is 0 Å². The Morgan fingerprint density at radius 2 is 0.828 bits per heavy atom. The predicted molar refractivity (Wildman–Crippen MR) is 225 cm³/mol. The van der Waals surface area contributed by atoms with Crippen molar-refractivity contribution in [2.24, 2.45) is 0 Å². The molecule has 2 saturated heterocycles. The van der Waals surface area contributed by atoms with Crippen LogP contribution in [0.2, 0.25) is 0 Å². The van der Waals surface area contributed by atoms with Crippen LogP contribution in [0, 0.1) is 20.2 Å². The van der Waals surface area contributed by atoms with Gasteiger partial charge in [-0.3, -0.25) is 29.8 Å². The lowest BCUT2D eigenvalue weighted by Gasteiger charge is -2.45. The normalized spacial score (nSPS) is 16.1. The summed E-state index contributed by atoms with van der Waals surface area (Å²) in [6.45, 7) is 9.35. The number of benzene rings is 4. The van der Waals surface area contributed by atoms with Gasteiger partial charge in [-0.05, 0) is 49.9 Å². The molecule has 4 aromatic rings. The molecule has 12 nitrogen and oxygen atoms in total. The quantitative estimate of drug-likeness (QED) is 0.0408. The molecule has 0 radical (unpaired) electrons. The van der Waals surface area contributed by atoms with Crippen LogP contribution in [-0.4, -0.2) is 106 Å². The monoisotopic (exact) mass is 790 g/mol. The molecule has 306 valence electrons. The topological polar surface area (TPSA) is 127 Å². The summed E-state index contributed by atoms with van der Waals surface area (Å²) in [5.41, 5.74) is 3.58. The van der Waals surface area contributed by atoms with E-state index in [1.54, 1.807) is 36.4 Å². The maximum Gasteiger partial charge on any atom is 0.269 e. The molecule has 2 fully saturated rings. The minimum absolute atomic E-state index is 0.0612. The molecule has 2 heterocycles. The van der Waals surface area contributed by atoms with Gasteiger partial charge >= 0.3 is 0 Å². The van der Waals surface area contributed by atoms with Gasteiger partial charge in [0.1, 0.15) is 13.1 Å². The molecule has 0 unspecified atom stereocenters. The first kappa shape index (κ1) is 42.2. The molecule has 0 aromatic heterocycles. The highest BCUT2D eigenvalue weighted by Gasteiger charge is 2.36. The third-order valence-corrected chi connectivity index (χ3v) is 12.3. The summed E-state index contributed by atoms with van der Waals surface area (Å²) in [6.07, 6.45) is 9.07. The fourth-order valence-corrected chi connectivity index (χ4v) is 8.90. The van der Waals surface area contributed by atoms with E-state index in [-0.39, 0.29) is 33.0 Å². The van der Waals surface area contributed by atoms with Gasteiger partial charge in [0.2, 0.25) is 0 Å². The highest BCUT2D eigenvalue weighted by Crippen LogP contribution is 2.26. The number of hydrogen-bond acceptors (Lipinski definition) is 6. The zero-order valence-corrected chi connectivity index (χ0v) is 33.7. The molecule has 0 atom stereocenters. The number of amides is 2. The number of carbonyl (C=O) groups excluding carboxylic acids is 2. The second-order valence-corrected chi connectivity index (χ2v) is 16.3. The molecule has 4 aromatic carbocycles. The van der Waals surface area contributed by atoms with Gasteiger partial charge in [-0.2, -0.15) is 0 Å². The van der Waals surface area contributed by atoms with Crippen LogP contribution in [0.4, 0.5) is 11.4 Å². The first-order valence-corrected chi connectivity index (χ1v) is 21.0. The average molecular weight is 791 g/mol. The van der Waals surface area contributed by atoms with Gasteiger partial charge in [0.25, 0.3) is 23.2 Å². The van der Waals surface area contributed by atoms with Gasteiger partial charge in [-0.1, -0.05) is 86.3 Å². The number of non-ortho nitro benzene ring substituents is 2. The van der Waals surface area contributed by atoms with E-state index in [2.05, 4.69) is 0 Å². The number of nitrogens with zero attached hydrogens (tertiary/aromatic N) is 6. The molecule has 2 aliphatic rings. The first-order valence-electron chi connectivity index (χ1n) is 21.0. The lowest BCUT2D eigenvalue weighted by molar-refractivity contribution is -0.944. The summed E-state index contributed by atoms with van der Waals surface area (Å²) in [6, 6.07) is 32.9. The molecule has 0 aliphatic carbocycles. The predicted octanol–water partition coefficient (Wildman–Crippen LogP) is 8.27. The molecular formula is C46H58N6O6+2. The van der Waals surface area contributed by atoms with Crippen LogP contribution >= 0.6 is 0 Å². The van der Waals surface area contributed by atoms with Crippen LogP contribution in [0.1, 0.15) is 83.2 Å². The Kier molecular flexibility index (Phi) is 14.8.